The number of rotatable bonds is 3. The Bertz CT molecular complexity index is 767. The van der Waals surface area contributed by atoms with Crippen molar-refractivity contribution in [3.05, 3.63) is 48.3 Å². The Hall–Kier alpha value is -3.03. The molecule has 3 rings (SSSR count). The first-order valence-electron chi connectivity index (χ1n) is 5.89. The predicted molar refractivity (Wildman–Crippen MR) is 70.6 cm³/mol. The third-order valence-electron chi connectivity index (χ3n) is 2.73. The highest BCUT2D eigenvalue weighted by molar-refractivity contribution is 5.96. The topological polar surface area (TPSA) is 111 Å². The molecule has 3 heterocycles. The summed E-state index contributed by atoms with van der Waals surface area (Å²) in [6.45, 7) is 0.222. The number of amides is 1. The van der Waals surface area contributed by atoms with E-state index < -0.39 is 5.91 Å². The van der Waals surface area contributed by atoms with E-state index in [1.54, 1.807) is 4.40 Å². The van der Waals surface area contributed by atoms with Crippen LogP contribution in [0.2, 0.25) is 0 Å². The highest BCUT2D eigenvalue weighted by Crippen LogP contribution is 2.05. The molecule has 0 aliphatic carbocycles. The lowest BCUT2D eigenvalue weighted by Gasteiger charge is -2.04. The number of carbonyl (C=O) groups excluding carboxylic acids is 1. The van der Waals surface area contributed by atoms with Crippen molar-refractivity contribution in [1.82, 2.24) is 29.9 Å². The summed E-state index contributed by atoms with van der Waals surface area (Å²) in [5.41, 5.74) is 6.41. The lowest BCUT2D eigenvalue weighted by Crippen LogP contribution is -2.26. The Balaban J connectivity index is 1.77. The van der Waals surface area contributed by atoms with Crippen LogP contribution in [-0.2, 0) is 6.54 Å². The molecule has 0 radical (unpaired) electrons. The van der Waals surface area contributed by atoms with Crippen molar-refractivity contribution < 1.29 is 4.79 Å². The molecule has 1 amide bonds. The second-order valence-corrected chi connectivity index (χ2v) is 4.02. The molecule has 20 heavy (non-hydrogen) atoms. The summed E-state index contributed by atoms with van der Waals surface area (Å²) < 4.78 is 1.79. The van der Waals surface area contributed by atoms with Gasteiger partial charge in [-0.2, -0.15) is 0 Å². The molecule has 0 aliphatic rings. The van der Waals surface area contributed by atoms with E-state index in [0.717, 1.165) is 5.65 Å². The summed E-state index contributed by atoms with van der Waals surface area (Å²) in [4.78, 5) is 19.7. The standard InChI is InChI=1S/C12H11N7O/c13-11-10(14-4-5-15-11)12(20)16-7-9-18-17-8-3-1-2-6-19(8)9/h1-6H,7H2,(H2,13,15)(H,16,20). The molecular weight excluding hydrogens is 258 g/mol. The number of anilines is 1. The molecule has 0 fully saturated rings. The number of aromatic nitrogens is 5. The van der Waals surface area contributed by atoms with Crippen LogP contribution in [-0.4, -0.2) is 30.5 Å². The molecule has 3 aromatic rings. The average Bonchev–Trinajstić information content (AvgIpc) is 2.88. The van der Waals surface area contributed by atoms with Crippen LogP contribution in [0.5, 0.6) is 0 Å². The summed E-state index contributed by atoms with van der Waals surface area (Å²) in [5.74, 6) is 0.316. The van der Waals surface area contributed by atoms with Gasteiger partial charge in [0.15, 0.2) is 23.0 Å². The maximum Gasteiger partial charge on any atom is 0.274 e. The van der Waals surface area contributed by atoms with Gasteiger partial charge in [-0.05, 0) is 12.1 Å². The zero-order chi connectivity index (χ0) is 13.9. The average molecular weight is 269 g/mol. The first kappa shape index (κ1) is 12.0. The van der Waals surface area contributed by atoms with E-state index in [0.29, 0.717) is 5.82 Å². The Morgan fingerprint density at radius 3 is 2.95 bits per heavy atom. The lowest BCUT2D eigenvalue weighted by molar-refractivity contribution is 0.0945. The SMILES string of the molecule is Nc1nccnc1C(=O)NCc1nnc2ccccn12. The van der Waals surface area contributed by atoms with Crippen LogP contribution in [0.25, 0.3) is 5.65 Å². The van der Waals surface area contributed by atoms with E-state index in [1.807, 2.05) is 24.4 Å². The molecule has 0 aromatic carbocycles. The maximum absolute atomic E-state index is 11.9. The quantitative estimate of drug-likeness (QED) is 0.694. The summed E-state index contributed by atoms with van der Waals surface area (Å²) in [5, 5.41) is 10.7. The second kappa shape index (κ2) is 4.92. The molecule has 0 bridgehead atoms. The van der Waals surface area contributed by atoms with Gasteiger partial charge in [0.05, 0.1) is 6.54 Å². The third-order valence-corrected chi connectivity index (χ3v) is 2.73. The first-order valence-corrected chi connectivity index (χ1v) is 5.89. The van der Waals surface area contributed by atoms with E-state index in [4.69, 9.17) is 5.73 Å². The van der Waals surface area contributed by atoms with Crippen molar-refractivity contribution in [3.63, 3.8) is 0 Å². The van der Waals surface area contributed by atoms with E-state index in [1.165, 1.54) is 12.4 Å². The number of hydrogen-bond acceptors (Lipinski definition) is 6. The van der Waals surface area contributed by atoms with Gasteiger partial charge in [-0.3, -0.25) is 9.20 Å². The minimum absolute atomic E-state index is 0.0936. The molecule has 0 aliphatic heterocycles. The fourth-order valence-corrected chi connectivity index (χ4v) is 1.78. The van der Waals surface area contributed by atoms with E-state index in [2.05, 4.69) is 25.5 Å². The van der Waals surface area contributed by atoms with E-state index in [9.17, 15) is 4.79 Å². The van der Waals surface area contributed by atoms with Crippen LogP contribution >= 0.6 is 0 Å². The van der Waals surface area contributed by atoms with Crippen molar-refractivity contribution in [3.8, 4) is 0 Å². The van der Waals surface area contributed by atoms with Gasteiger partial charge in [0.1, 0.15) is 0 Å². The van der Waals surface area contributed by atoms with Gasteiger partial charge in [-0.1, -0.05) is 6.07 Å². The number of nitrogens with one attached hydrogen (secondary N) is 1. The van der Waals surface area contributed by atoms with Crippen molar-refractivity contribution >= 4 is 17.4 Å². The zero-order valence-electron chi connectivity index (χ0n) is 10.4. The number of carbonyl (C=O) groups is 1. The summed E-state index contributed by atoms with van der Waals surface area (Å²) in [7, 11) is 0. The molecule has 8 heteroatoms. The second-order valence-electron chi connectivity index (χ2n) is 4.02. The normalized spacial score (nSPS) is 10.6. The maximum atomic E-state index is 11.9. The molecule has 3 aromatic heterocycles. The fraction of sp³-hybridized carbons (Fsp3) is 0.0833. The molecule has 0 spiro atoms. The minimum atomic E-state index is -0.400. The number of pyridine rings is 1. The fourth-order valence-electron chi connectivity index (χ4n) is 1.78. The molecular formula is C12H11N7O. The van der Waals surface area contributed by atoms with Crippen LogP contribution in [0.15, 0.2) is 36.8 Å². The van der Waals surface area contributed by atoms with Gasteiger partial charge in [0.25, 0.3) is 5.91 Å². The van der Waals surface area contributed by atoms with Crippen molar-refractivity contribution in [2.75, 3.05) is 5.73 Å². The molecule has 100 valence electrons. The summed E-state index contributed by atoms with van der Waals surface area (Å²) in [6, 6.07) is 5.56. The van der Waals surface area contributed by atoms with Gasteiger partial charge >= 0.3 is 0 Å². The number of nitrogens with two attached hydrogens (primary N) is 1. The molecule has 0 atom stereocenters. The van der Waals surface area contributed by atoms with E-state index in [-0.39, 0.29) is 18.1 Å². The van der Waals surface area contributed by atoms with Gasteiger partial charge in [0.2, 0.25) is 0 Å². The van der Waals surface area contributed by atoms with Crippen LogP contribution in [0.4, 0.5) is 5.82 Å². The number of hydrogen-bond donors (Lipinski definition) is 2. The number of nitrogen functional groups attached to an aromatic ring is 1. The highest BCUT2D eigenvalue weighted by Gasteiger charge is 2.13. The predicted octanol–water partition coefficient (Wildman–Crippen LogP) is 0.0315. The third kappa shape index (κ3) is 2.14. The smallest absolute Gasteiger partial charge is 0.274 e. The molecule has 0 saturated heterocycles. The van der Waals surface area contributed by atoms with Crippen molar-refractivity contribution in [2.45, 2.75) is 6.54 Å². The van der Waals surface area contributed by atoms with Crippen molar-refractivity contribution in [1.29, 1.82) is 0 Å². The Morgan fingerprint density at radius 1 is 1.25 bits per heavy atom. The van der Waals surface area contributed by atoms with Gasteiger partial charge in [-0.15, -0.1) is 10.2 Å². The first-order chi connectivity index (χ1) is 9.75. The van der Waals surface area contributed by atoms with Crippen molar-refractivity contribution in [2.24, 2.45) is 0 Å². The number of fused-ring (bicyclic) bond motifs is 1. The van der Waals surface area contributed by atoms with Crippen LogP contribution in [0, 0.1) is 0 Å². The summed E-state index contributed by atoms with van der Waals surface area (Å²) >= 11 is 0. The zero-order valence-corrected chi connectivity index (χ0v) is 10.4. The van der Waals surface area contributed by atoms with Crippen LogP contribution < -0.4 is 11.1 Å². The van der Waals surface area contributed by atoms with E-state index >= 15 is 0 Å². The molecule has 0 unspecified atom stereocenters. The Kier molecular flexibility index (Phi) is 2.96. The van der Waals surface area contributed by atoms with Gasteiger partial charge < -0.3 is 11.1 Å². The Morgan fingerprint density at radius 2 is 2.10 bits per heavy atom. The monoisotopic (exact) mass is 269 g/mol. The summed E-state index contributed by atoms with van der Waals surface area (Å²) in [6.07, 6.45) is 4.67. The Labute approximate surface area is 113 Å². The highest BCUT2D eigenvalue weighted by atomic mass is 16.1. The largest absolute Gasteiger partial charge is 0.382 e. The van der Waals surface area contributed by atoms with Gasteiger partial charge in [-0.25, -0.2) is 9.97 Å². The molecule has 3 N–H and O–H groups in total. The molecule has 8 nitrogen and oxygen atoms in total. The van der Waals surface area contributed by atoms with Gasteiger partial charge in [0, 0.05) is 18.6 Å². The molecule has 0 saturated carbocycles. The number of nitrogens with zero attached hydrogens (tertiary/aromatic N) is 5. The lowest BCUT2D eigenvalue weighted by atomic mass is 10.3. The minimum Gasteiger partial charge on any atom is -0.382 e. The van der Waals surface area contributed by atoms with Crippen LogP contribution in [0.3, 0.4) is 0 Å². The van der Waals surface area contributed by atoms with Crippen LogP contribution in [0.1, 0.15) is 16.3 Å².